The van der Waals surface area contributed by atoms with Gasteiger partial charge in [0.05, 0.1) is 4.91 Å². The molecule has 0 fully saturated rings. The quantitative estimate of drug-likeness (QED) is 0.773. The summed E-state index contributed by atoms with van der Waals surface area (Å²) < 4.78 is 0. The van der Waals surface area contributed by atoms with Gasteiger partial charge in [0, 0.05) is 16.3 Å². The fourth-order valence-corrected chi connectivity index (χ4v) is 2.53. The Morgan fingerprint density at radius 2 is 1.93 bits per heavy atom. The number of thioether (sulfide) groups is 1. The molecule has 0 heterocycles. The van der Waals surface area contributed by atoms with Crippen molar-refractivity contribution in [3.05, 3.63) is 40.3 Å². The van der Waals surface area contributed by atoms with Gasteiger partial charge in [-0.3, -0.25) is 4.79 Å². The molecule has 0 spiro atoms. The van der Waals surface area contributed by atoms with Crippen molar-refractivity contribution in [3.63, 3.8) is 0 Å². The maximum Gasteiger partial charge on any atom is 0.169 e. The van der Waals surface area contributed by atoms with Gasteiger partial charge in [-0.1, -0.05) is 29.4 Å². The molecule has 0 unspecified atom stereocenters. The Hall–Kier alpha value is -0.730. The summed E-state index contributed by atoms with van der Waals surface area (Å²) in [6.07, 6.45) is 4.72. The minimum absolute atomic E-state index is 0.265. The Kier molecular flexibility index (Phi) is 3.49. The normalized spacial score (nSPS) is 16.3. The molecule has 2 rings (SSSR count). The first kappa shape index (κ1) is 10.8. The Morgan fingerprint density at radius 3 is 2.60 bits per heavy atom. The molecule has 0 saturated carbocycles. The monoisotopic (exact) mass is 238 g/mol. The second kappa shape index (κ2) is 4.86. The lowest BCUT2D eigenvalue weighted by atomic mass is 10.1. The molecule has 0 bridgehead atoms. The fraction of sp³-hybridized carbons (Fsp3) is 0.250. The van der Waals surface area contributed by atoms with Crippen LogP contribution in [0, 0.1) is 0 Å². The van der Waals surface area contributed by atoms with Crippen LogP contribution in [0.2, 0.25) is 5.02 Å². The molecule has 0 saturated heterocycles. The van der Waals surface area contributed by atoms with Gasteiger partial charge < -0.3 is 0 Å². The van der Waals surface area contributed by atoms with Crippen molar-refractivity contribution >= 4 is 29.1 Å². The van der Waals surface area contributed by atoms with Crippen LogP contribution in [0.25, 0.3) is 0 Å². The molecule has 1 aromatic rings. The van der Waals surface area contributed by atoms with Crippen LogP contribution in [-0.2, 0) is 4.79 Å². The Bertz CT molecular complexity index is 395. The standard InChI is InChI=1S/C12H11ClOS/c13-9-5-7-10(8-6-9)15-12-4-2-1-3-11(12)14/h4-8H,1-3H2. The molecule has 0 amide bonds. The molecule has 1 aliphatic rings. The van der Waals surface area contributed by atoms with Crippen LogP contribution in [-0.4, -0.2) is 5.78 Å². The lowest BCUT2D eigenvalue weighted by molar-refractivity contribution is -0.115. The van der Waals surface area contributed by atoms with Gasteiger partial charge in [0.25, 0.3) is 0 Å². The minimum Gasteiger partial charge on any atom is -0.294 e. The molecule has 1 aliphatic carbocycles. The first-order chi connectivity index (χ1) is 7.25. The molecule has 0 atom stereocenters. The van der Waals surface area contributed by atoms with E-state index in [2.05, 4.69) is 0 Å². The highest BCUT2D eigenvalue weighted by atomic mass is 35.5. The number of ketones is 1. The molecule has 1 nitrogen and oxygen atoms in total. The Labute approximate surface area is 98.5 Å². The van der Waals surface area contributed by atoms with Gasteiger partial charge in [-0.25, -0.2) is 0 Å². The van der Waals surface area contributed by atoms with Crippen molar-refractivity contribution < 1.29 is 4.79 Å². The van der Waals surface area contributed by atoms with Gasteiger partial charge >= 0.3 is 0 Å². The van der Waals surface area contributed by atoms with Gasteiger partial charge in [-0.05, 0) is 37.1 Å². The zero-order chi connectivity index (χ0) is 10.7. The summed E-state index contributed by atoms with van der Waals surface area (Å²) in [5.41, 5.74) is 0. The lowest BCUT2D eigenvalue weighted by Crippen LogP contribution is -2.03. The molecule has 0 aromatic heterocycles. The van der Waals surface area contributed by atoms with E-state index >= 15 is 0 Å². The summed E-state index contributed by atoms with van der Waals surface area (Å²) in [6.45, 7) is 0. The molecule has 15 heavy (non-hydrogen) atoms. The van der Waals surface area contributed by atoms with E-state index in [9.17, 15) is 4.79 Å². The van der Waals surface area contributed by atoms with Crippen molar-refractivity contribution in [2.75, 3.05) is 0 Å². The van der Waals surface area contributed by atoms with Gasteiger partial charge in [0.1, 0.15) is 0 Å². The third kappa shape index (κ3) is 2.86. The molecular formula is C12H11ClOS. The number of hydrogen-bond acceptors (Lipinski definition) is 2. The molecule has 0 N–H and O–H groups in total. The Balaban J connectivity index is 2.11. The highest BCUT2D eigenvalue weighted by molar-refractivity contribution is 8.04. The summed E-state index contributed by atoms with van der Waals surface area (Å²) in [7, 11) is 0. The summed E-state index contributed by atoms with van der Waals surface area (Å²) >= 11 is 7.33. The molecule has 0 aliphatic heterocycles. The second-order valence-electron chi connectivity index (χ2n) is 3.44. The second-order valence-corrected chi connectivity index (χ2v) is 4.99. The van der Waals surface area contributed by atoms with Crippen LogP contribution in [0.5, 0.6) is 0 Å². The van der Waals surface area contributed by atoms with Gasteiger partial charge in [0.2, 0.25) is 0 Å². The van der Waals surface area contributed by atoms with E-state index in [1.54, 1.807) is 0 Å². The van der Waals surface area contributed by atoms with Crippen molar-refractivity contribution in [2.24, 2.45) is 0 Å². The molecule has 1 aromatic carbocycles. The smallest absolute Gasteiger partial charge is 0.169 e. The lowest BCUT2D eigenvalue weighted by Gasteiger charge is -2.10. The largest absolute Gasteiger partial charge is 0.294 e. The summed E-state index contributed by atoms with van der Waals surface area (Å²) in [4.78, 5) is 13.5. The van der Waals surface area contributed by atoms with Gasteiger partial charge in [-0.2, -0.15) is 0 Å². The zero-order valence-corrected chi connectivity index (χ0v) is 9.77. The van der Waals surface area contributed by atoms with Crippen LogP contribution >= 0.6 is 23.4 Å². The number of Topliss-reactive ketones (excluding diaryl/α,β-unsaturated/α-hetero) is 1. The van der Waals surface area contributed by atoms with E-state index < -0.39 is 0 Å². The minimum atomic E-state index is 0.265. The van der Waals surface area contributed by atoms with E-state index in [0.29, 0.717) is 6.42 Å². The summed E-state index contributed by atoms with van der Waals surface area (Å²) in [6, 6.07) is 7.57. The SMILES string of the molecule is O=C1CCCC=C1Sc1ccc(Cl)cc1. The topological polar surface area (TPSA) is 17.1 Å². The van der Waals surface area contributed by atoms with Crippen molar-refractivity contribution in [1.82, 2.24) is 0 Å². The predicted molar refractivity (Wildman–Crippen MR) is 64.3 cm³/mol. The molecule has 0 radical (unpaired) electrons. The molecular weight excluding hydrogens is 228 g/mol. The van der Waals surface area contributed by atoms with Crippen molar-refractivity contribution in [2.45, 2.75) is 24.2 Å². The van der Waals surface area contributed by atoms with E-state index in [1.165, 1.54) is 11.8 Å². The van der Waals surface area contributed by atoms with Crippen LogP contribution in [0.3, 0.4) is 0 Å². The molecule has 3 heteroatoms. The third-order valence-electron chi connectivity index (χ3n) is 2.25. The summed E-state index contributed by atoms with van der Waals surface area (Å²) in [5, 5.41) is 0.725. The number of benzene rings is 1. The highest BCUT2D eigenvalue weighted by Gasteiger charge is 2.14. The zero-order valence-electron chi connectivity index (χ0n) is 8.20. The molecule has 78 valence electrons. The predicted octanol–water partition coefficient (Wildman–Crippen LogP) is 4.07. The first-order valence-electron chi connectivity index (χ1n) is 4.92. The number of halogens is 1. The van der Waals surface area contributed by atoms with Crippen LogP contribution in [0.4, 0.5) is 0 Å². The number of carbonyl (C=O) groups excluding carboxylic acids is 1. The van der Waals surface area contributed by atoms with Crippen molar-refractivity contribution in [1.29, 1.82) is 0 Å². The van der Waals surface area contributed by atoms with Crippen molar-refractivity contribution in [3.8, 4) is 0 Å². The first-order valence-corrected chi connectivity index (χ1v) is 6.12. The number of carbonyl (C=O) groups is 1. The van der Waals surface area contributed by atoms with Crippen LogP contribution < -0.4 is 0 Å². The average molecular weight is 239 g/mol. The number of rotatable bonds is 2. The Morgan fingerprint density at radius 1 is 1.20 bits per heavy atom. The highest BCUT2D eigenvalue weighted by Crippen LogP contribution is 2.31. The van der Waals surface area contributed by atoms with E-state index in [1.807, 2.05) is 30.3 Å². The van der Waals surface area contributed by atoms with Gasteiger partial charge in [-0.15, -0.1) is 0 Å². The third-order valence-corrected chi connectivity index (χ3v) is 3.63. The number of hydrogen-bond donors (Lipinski definition) is 0. The summed E-state index contributed by atoms with van der Waals surface area (Å²) in [5.74, 6) is 0.265. The van der Waals surface area contributed by atoms with Crippen LogP contribution in [0.15, 0.2) is 40.1 Å². The van der Waals surface area contributed by atoms with E-state index in [-0.39, 0.29) is 5.78 Å². The maximum absolute atomic E-state index is 11.6. The fourth-order valence-electron chi connectivity index (χ4n) is 1.46. The van der Waals surface area contributed by atoms with E-state index in [4.69, 9.17) is 11.6 Å². The van der Waals surface area contributed by atoms with E-state index in [0.717, 1.165) is 27.7 Å². The number of allylic oxidation sites excluding steroid dienone is 2. The van der Waals surface area contributed by atoms with Crippen LogP contribution in [0.1, 0.15) is 19.3 Å². The average Bonchev–Trinajstić information content (AvgIpc) is 2.25. The van der Waals surface area contributed by atoms with Gasteiger partial charge in [0.15, 0.2) is 5.78 Å². The maximum atomic E-state index is 11.6.